The maximum Gasteiger partial charge on any atom is 0.418 e. The Bertz CT molecular complexity index is 923. The van der Waals surface area contributed by atoms with Gasteiger partial charge in [0.1, 0.15) is 11.9 Å². The molecule has 6 nitrogen and oxygen atoms in total. The molecule has 0 bridgehead atoms. The maximum atomic E-state index is 13.5. The van der Waals surface area contributed by atoms with Gasteiger partial charge in [-0.2, -0.15) is 13.2 Å². The van der Waals surface area contributed by atoms with Gasteiger partial charge in [0.25, 0.3) is 5.91 Å². The van der Waals surface area contributed by atoms with Crippen LogP contribution in [-0.2, 0) is 26.9 Å². The molecule has 0 aliphatic carbocycles. The molecular formula is C22H23F3N2O4. The molecule has 166 valence electrons. The first-order valence-corrected chi connectivity index (χ1v) is 9.83. The van der Waals surface area contributed by atoms with Gasteiger partial charge in [0.15, 0.2) is 0 Å². The highest BCUT2D eigenvalue weighted by molar-refractivity contribution is 5.96. The molecule has 2 amide bonds. The molecule has 2 aromatic rings. The molecule has 2 N–H and O–H groups in total. The lowest BCUT2D eigenvalue weighted by Gasteiger charge is -2.17. The van der Waals surface area contributed by atoms with Gasteiger partial charge in [0.05, 0.1) is 18.4 Å². The van der Waals surface area contributed by atoms with Gasteiger partial charge in [-0.05, 0) is 55.2 Å². The summed E-state index contributed by atoms with van der Waals surface area (Å²) in [6.07, 6.45) is -3.73. The fraction of sp³-hybridized carbons (Fsp3) is 0.364. The third-order valence-corrected chi connectivity index (χ3v) is 4.89. The number of halogens is 3. The van der Waals surface area contributed by atoms with Gasteiger partial charge < -0.3 is 20.1 Å². The number of hydrogen-bond donors (Lipinski definition) is 2. The van der Waals surface area contributed by atoms with Crippen LogP contribution in [0.1, 0.15) is 30.4 Å². The van der Waals surface area contributed by atoms with Crippen LogP contribution in [0.5, 0.6) is 5.75 Å². The van der Waals surface area contributed by atoms with Crippen molar-refractivity contribution in [2.24, 2.45) is 0 Å². The minimum atomic E-state index is -4.71. The smallest absolute Gasteiger partial charge is 0.418 e. The minimum Gasteiger partial charge on any atom is -0.497 e. The van der Waals surface area contributed by atoms with Gasteiger partial charge in [-0.15, -0.1) is 0 Å². The van der Waals surface area contributed by atoms with Crippen LogP contribution in [0.4, 0.5) is 24.5 Å². The molecule has 9 heteroatoms. The van der Waals surface area contributed by atoms with Crippen molar-refractivity contribution < 1.29 is 32.2 Å². The van der Waals surface area contributed by atoms with Gasteiger partial charge in [-0.25, -0.2) is 0 Å². The van der Waals surface area contributed by atoms with E-state index in [-0.39, 0.29) is 17.8 Å². The molecule has 0 spiro atoms. The van der Waals surface area contributed by atoms with E-state index in [0.29, 0.717) is 25.2 Å². The Morgan fingerprint density at radius 1 is 1.13 bits per heavy atom. The van der Waals surface area contributed by atoms with Gasteiger partial charge in [-0.1, -0.05) is 12.1 Å². The number of methoxy groups -OCH3 is 1. The fourth-order valence-electron chi connectivity index (χ4n) is 3.24. The first kappa shape index (κ1) is 22.6. The lowest BCUT2D eigenvalue weighted by atomic mass is 10.1. The van der Waals surface area contributed by atoms with Gasteiger partial charge in [0.2, 0.25) is 5.91 Å². The number of carbonyl (C=O) groups is 2. The Hall–Kier alpha value is -3.07. The summed E-state index contributed by atoms with van der Waals surface area (Å²) in [5, 5.41) is 4.77. The minimum absolute atomic E-state index is 0.0101. The first-order valence-electron chi connectivity index (χ1n) is 9.83. The lowest BCUT2D eigenvalue weighted by Crippen LogP contribution is -2.27. The average Bonchev–Trinajstić information content (AvgIpc) is 3.28. The number of benzene rings is 2. The van der Waals surface area contributed by atoms with Gasteiger partial charge >= 0.3 is 6.18 Å². The molecule has 0 saturated carbocycles. The molecule has 1 heterocycles. The molecule has 1 saturated heterocycles. The standard InChI is InChI=1S/C22H23F3N2O4/c1-30-16-8-4-14(5-9-16)6-11-20(28)27-18-10-7-15(13-17(18)22(23,24)25)26-21(29)19-3-2-12-31-19/h4-5,7-10,13,19H,2-3,6,11-12H2,1H3,(H,26,29)(H,27,28). The highest BCUT2D eigenvalue weighted by atomic mass is 19.4. The molecule has 1 unspecified atom stereocenters. The zero-order valence-corrected chi connectivity index (χ0v) is 16.9. The number of nitrogens with one attached hydrogen (secondary N) is 2. The summed E-state index contributed by atoms with van der Waals surface area (Å²) < 4.78 is 50.9. The van der Waals surface area contributed by atoms with Crippen LogP contribution >= 0.6 is 0 Å². The quantitative estimate of drug-likeness (QED) is 0.675. The van der Waals surface area contributed by atoms with Crippen LogP contribution in [0.3, 0.4) is 0 Å². The first-order chi connectivity index (χ1) is 14.8. The van der Waals surface area contributed by atoms with E-state index < -0.39 is 29.7 Å². The summed E-state index contributed by atoms with van der Waals surface area (Å²) in [4.78, 5) is 24.3. The van der Waals surface area contributed by atoms with E-state index in [1.165, 1.54) is 6.07 Å². The molecule has 0 aromatic heterocycles. The topological polar surface area (TPSA) is 76.7 Å². The van der Waals surface area contributed by atoms with E-state index >= 15 is 0 Å². The van der Waals surface area contributed by atoms with E-state index in [2.05, 4.69) is 10.6 Å². The van der Waals surface area contributed by atoms with E-state index in [4.69, 9.17) is 9.47 Å². The van der Waals surface area contributed by atoms with Crippen molar-refractivity contribution in [2.45, 2.75) is 38.0 Å². The summed E-state index contributed by atoms with van der Waals surface area (Å²) in [6, 6.07) is 10.3. The number of carbonyl (C=O) groups excluding carboxylic acids is 2. The molecule has 0 radical (unpaired) electrons. The van der Waals surface area contributed by atoms with Crippen molar-refractivity contribution in [3.8, 4) is 5.75 Å². The molecule has 1 fully saturated rings. The molecule has 3 rings (SSSR count). The number of ether oxygens (including phenoxy) is 2. The monoisotopic (exact) mass is 436 g/mol. The van der Waals surface area contributed by atoms with Gasteiger partial charge in [0, 0.05) is 18.7 Å². The SMILES string of the molecule is COc1ccc(CCC(=O)Nc2ccc(NC(=O)C3CCCO3)cc2C(F)(F)F)cc1. The Morgan fingerprint density at radius 3 is 2.48 bits per heavy atom. The third kappa shape index (κ3) is 6.21. The largest absolute Gasteiger partial charge is 0.497 e. The van der Waals surface area contributed by atoms with Gasteiger partial charge in [-0.3, -0.25) is 9.59 Å². The van der Waals surface area contributed by atoms with Crippen molar-refractivity contribution in [2.75, 3.05) is 24.4 Å². The summed E-state index contributed by atoms with van der Waals surface area (Å²) in [6.45, 7) is 0.452. The third-order valence-electron chi connectivity index (χ3n) is 4.89. The molecule has 1 aliphatic heterocycles. The lowest BCUT2D eigenvalue weighted by molar-refractivity contribution is -0.137. The second kappa shape index (κ2) is 9.82. The number of hydrogen-bond acceptors (Lipinski definition) is 4. The molecule has 1 atom stereocenters. The Morgan fingerprint density at radius 2 is 1.87 bits per heavy atom. The van der Waals surface area contributed by atoms with E-state index in [9.17, 15) is 22.8 Å². The Balaban J connectivity index is 1.66. The van der Waals surface area contributed by atoms with Crippen LogP contribution in [0, 0.1) is 0 Å². The van der Waals surface area contributed by atoms with Crippen LogP contribution in [0.15, 0.2) is 42.5 Å². The van der Waals surface area contributed by atoms with E-state index in [1.54, 1.807) is 31.4 Å². The zero-order chi connectivity index (χ0) is 22.4. The second-order valence-electron chi connectivity index (χ2n) is 7.15. The van der Waals surface area contributed by atoms with Crippen LogP contribution in [0.25, 0.3) is 0 Å². The van der Waals surface area contributed by atoms with Crippen molar-refractivity contribution in [3.05, 3.63) is 53.6 Å². The Labute approximate surface area is 177 Å². The summed E-state index contributed by atoms with van der Waals surface area (Å²) in [7, 11) is 1.54. The fourth-order valence-corrected chi connectivity index (χ4v) is 3.24. The number of amides is 2. The molecule has 1 aliphatic rings. The predicted molar refractivity (Wildman–Crippen MR) is 109 cm³/mol. The van der Waals surface area contributed by atoms with Crippen LogP contribution in [0.2, 0.25) is 0 Å². The summed E-state index contributed by atoms with van der Waals surface area (Å²) in [5.41, 5.74) is -0.541. The van der Waals surface area contributed by atoms with Crippen molar-refractivity contribution >= 4 is 23.2 Å². The summed E-state index contributed by atoms with van der Waals surface area (Å²) >= 11 is 0. The number of anilines is 2. The van der Waals surface area contributed by atoms with Crippen LogP contribution in [-0.4, -0.2) is 31.6 Å². The van der Waals surface area contributed by atoms with Crippen molar-refractivity contribution in [1.82, 2.24) is 0 Å². The number of aryl methyl sites for hydroxylation is 1. The van der Waals surface area contributed by atoms with E-state index in [1.807, 2.05) is 0 Å². The highest BCUT2D eigenvalue weighted by Crippen LogP contribution is 2.37. The van der Waals surface area contributed by atoms with Crippen molar-refractivity contribution in [3.63, 3.8) is 0 Å². The molecule has 2 aromatic carbocycles. The Kier molecular flexibility index (Phi) is 7.17. The highest BCUT2D eigenvalue weighted by Gasteiger charge is 2.34. The molecular weight excluding hydrogens is 413 g/mol. The van der Waals surface area contributed by atoms with E-state index in [0.717, 1.165) is 24.1 Å². The zero-order valence-electron chi connectivity index (χ0n) is 16.9. The predicted octanol–water partition coefficient (Wildman–Crippen LogP) is 4.40. The number of alkyl halides is 3. The normalized spacial score (nSPS) is 16.1. The maximum absolute atomic E-state index is 13.5. The summed E-state index contributed by atoms with van der Waals surface area (Å²) in [5.74, 6) is -0.353. The van der Waals surface area contributed by atoms with Crippen molar-refractivity contribution in [1.29, 1.82) is 0 Å². The number of rotatable bonds is 7. The van der Waals surface area contributed by atoms with Crippen LogP contribution < -0.4 is 15.4 Å². The average molecular weight is 436 g/mol. The second-order valence-corrected chi connectivity index (χ2v) is 7.15. The molecule has 31 heavy (non-hydrogen) atoms.